The number of phenolic OH excluding ortho intramolecular Hbond substituents is 1. The summed E-state index contributed by atoms with van der Waals surface area (Å²) >= 11 is -1.44. The number of nitrogens with zero attached hydrogens (tertiary/aromatic N) is 4. The molecule has 4 aromatic rings. The van der Waals surface area contributed by atoms with Gasteiger partial charge in [0.05, 0.1) is 42.1 Å². The van der Waals surface area contributed by atoms with Crippen LogP contribution in [-0.4, -0.2) is 180 Å². The normalized spacial score (nSPS) is 27.2. The summed E-state index contributed by atoms with van der Waals surface area (Å²) in [4.78, 5) is 68.7. The molecule has 5 heterocycles. The number of aromatic nitrogens is 1. The second-order valence-electron chi connectivity index (χ2n) is 23.5. The number of amides is 1. The number of carbonyl (C=O) groups excluding carboxylic acids is 3. The van der Waals surface area contributed by atoms with Crippen molar-refractivity contribution in [3.8, 4) is 11.5 Å². The molecule has 1 unspecified atom stereocenters. The summed E-state index contributed by atoms with van der Waals surface area (Å²) < 4.78 is 52.4. The zero-order valence-electron chi connectivity index (χ0n) is 50.8. The molecule has 0 aliphatic carbocycles. The van der Waals surface area contributed by atoms with E-state index in [2.05, 4.69) is 53.0 Å². The zero-order chi connectivity index (χ0) is 62.6. The van der Waals surface area contributed by atoms with E-state index in [-0.39, 0.29) is 50.0 Å². The Labute approximate surface area is 501 Å². The van der Waals surface area contributed by atoms with Gasteiger partial charge in [0.15, 0.2) is 22.3 Å². The van der Waals surface area contributed by atoms with Crippen molar-refractivity contribution in [2.75, 3.05) is 96.0 Å². The van der Waals surface area contributed by atoms with Crippen molar-refractivity contribution in [2.24, 2.45) is 35.5 Å². The number of ketones is 1. The summed E-state index contributed by atoms with van der Waals surface area (Å²) in [6, 6.07) is 5.53. The monoisotopic (exact) mass is 1230 g/mol. The van der Waals surface area contributed by atoms with Crippen molar-refractivity contribution >= 4 is 62.2 Å². The molecule has 2 saturated heterocycles. The number of allylic oxidation sites excluding steroid dienone is 2. The topological polar surface area (TPSA) is 310 Å². The van der Waals surface area contributed by atoms with Gasteiger partial charge in [0.1, 0.15) is 41.3 Å². The molecule has 1 aromatic heterocycles. The van der Waals surface area contributed by atoms with Crippen molar-refractivity contribution in [1.82, 2.24) is 20.1 Å². The number of aliphatic hydroxyl groups is 4. The van der Waals surface area contributed by atoms with Crippen LogP contribution in [0.15, 0.2) is 63.6 Å². The number of phenols is 1. The van der Waals surface area contributed by atoms with Crippen LogP contribution in [0, 0.1) is 42.4 Å². The van der Waals surface area contributed by atoms with Crippen LogP contribution in [0.5, 0.6) is 11.5 Å². The first kappa shape index (κ1) is 68.1. The van der Waals surface area contributed by atoms with E-state index in [1.165, 1.54) is 79.0 Å². The number of benzene rings is 3. The van der Waals surface area contributed by atoms with Crippen LogP contribution in [0.4, 0.5) is 16.2 Å². The molecule has 0 spiro atoms. The Hall–Kier alpha value is -6.05. The molecule has 8 rings (SSSR count). The number of aliphatic hydroxyl groups excluding tert-OH is 4. The summed E-state index contributed by atoms with van der Waals surface area (Å²) in [5.74, 6) is -6.03. The van der Waals surface area contributed by atoms with Crippen LogP contribution in [0.2, 0.25) is 0 Å². The van der Waals surface area contributed by atoms with E-state index in [0.717, 1.165) is 44.3 Å². The van der Waals surface area contributed by atoms with Crippen LogP contribution in [0.3, 0.4) is 0 Å². The van der Waals surface area contributed by atoms with Gasteiger partial charge in [-0.1, -0.05) is 73.6 Å². The number of hydrogen-bond acceptors (Lipinski definition) is 22. The van der Waals surface area contributed by atoms with Gasteiger partial charge in [-0.15, -0.1) is 0 Å². The fraction of sp³-hybridized carbons (Fsp3) is 0.590. The van der Waals surface area contributed by atoms with Crippen LogP contribution >= 0.6 is 0 Å². The first-order valence-corrected chi connectivity index (χ1v) is 29.9. The van der Waals surface area contributed by atoms with Crippen LogP contribution in [-0.2, 0) is 46.2 Å². The van der Waals surface area contributed by atoms with Gasteiger partial charge in [-0.3, -0.25) is 19.3 Å². The van der Waals surface area contributed by atoms with E-state index >= 15 is 0 Å². The average molecular weight is 1230 g/mol. The van der Waals surface area contributed by atoms with Gasteiger partial charge < -0.3 is 74.1 Å². The van der Waals surface area contributed by atoms with E-state index in [0.29, 0.717) is 17.0 Å². The Morgan fingerprint density at radius 2 is 1.53 bits per heavy atom. The predicted molar refractivity (Wildman–Crippen MR) is 315 cm³/mol. The molecule has 24 heteroatoms. The first-order valence-electron chi connectivity index (χ1n) is 29.0. The third-order valence-electron chi connectivity index (χ3n) is 16.0. The number of aromatic hydroxyl groups is 1. The second-order valence-corrected chi connectivity index (χ2v) is 23.7. The number of Topliss-reactive ketones (excluding diaryl/α,β-unsaturated/α-hetero) is 1. The average Bonchev–Trinajstić information content (AvgIpc) is 1.75. The van der Waals surface area contributed by atoms with E-state index in [1.54, 1.807) is 45.9 Å². The van der Waals surface area contributed by atoms with Crippen LogP contribution in [0.1, 0.15) is 85.2 Å². The first-order chi connectivity index (χ1) is 40.3. The number of nitrogens with one attached hydrogen (secondary N) is 2. The minimum absolute atomic E-state index is 0.0151. The molecule has 85 heavy (non-hydrogen) atoms. The number of fused-ring (bicyclic) bond motifs is 2. The maximum atomic E-state index is 14.9. The third-order valence-corrected chi connectivity index (χ3v) is 16.0. The van der Waals surface area contributed by atoms with Crippen molar-refractivity contribution in [3.63, 3.8) is 0 Å². The van der Waals surface area contributed by atoms with Gasteiger partial charge in [-0.25, -0.2) is 9.78 Å². The number of piperazine rings is 2. The Morgan fingerprint density at radius 3 is 2.14 bits per heavy atom. The molecular weight excluding hydrogens is 1140 g/mol. The molecular formula is C61H86MnN6O17. The maximum absolute atomic E-state index is 14.9. The second kappa shape index (κ2) is 30.5. The van der Waals surface area contributed by atoms with E-state index in [1.807, 2.05) is 12.1 Å². The van der Waals surface area contributed by atoms with E-state index < -0.39 is 117 Å². The summed E-state index contributed by atoms with van der Waals surface area (Å²) in [6.45, 7) is 29.1. The van der Waals surface area contributed by atoms with Crippen molar-refractivity contribution in [2.45, 2.75) is 112 Å². The fourth-order valence-corrected chi connectivity index (χ4v) is 11.3. The fourth-order valence-electron chi connectivity index (χ4n) is 11.3. The number of methoxy groups -OCH3 is 1. The predicted octanol–water partition coefficient (Wildman–Crippen LogP) is 6.03. The van der Waals surface area contributed by atoms with Crippen molar-refractivity contribution in [3.05, 3.63) is 75.7 Å². The van der Waals surface area contributed by atoms with Gasteiger partial charge in [0.25, 0.3) is 11.7 Å². The quantitative estimate of drug-likeness (QED) is 0.0313. The number of hydrogen-bond donors (Lipinski definition) is 7. The van der Waals surface area contributed by atoms with Gasteiger partial charge in [0.2, 0.25) is 0 Å². The Bertz CT molecular complexity index is 3180. The number of carbonyl (C=O) groups is 3. The molecule has 7 N–H and O–H groups in total. The molecule has 3 aromatic carbocycles. The molecule has 10 atom stereocenters. The van der Waals surface area contributed by atoms with Crippen molar-refractivity contribution in [1.29, 1.82) is 0 Å². The van der Waals surface area contributed by atoms with Gasteiger partial charge >= 0.3 is 34.4 Å². The number of rotatable bonds is 10. The third kappa shape index (κ3) is 16.3. The molecule has 0 saturated carbocycles. The summed E-state index contributed by atoms with van der Waals surface area (Å²) in [5.41, 5.74) is 0.457. The Balaban J connectivity index is 0.000000792. The molecule has 469 valence electrons. The minimum atomic E-state index is -2.11. The SMILES string of the molecule is CC(C)CN1CCNCC1.CO[C@H]1/C=C/O[C@@]2(C)Oc3c(C)c(=O)c4c(O)c(c5oc6cc(N7CCN(CC(C)C)CC7)ccc6nc5c4c3C2=O)NC(=O)/C(C)=C\C=C\[C@H](C)[C@H](O)[C@@H](C)[C@@H](O)[C@@H](C)[C@H](OC(=O)OCC(O)CO)[C@@H]1C.[O]=[Mn]=[O]. The van der Waals surface area contributed by atoms with E-state index in [4.69, 9.17) is 40.8 Å². The molecule has 4 aliphatic heterocycles. The molecule has 4 aliphatic rings. The standard InChI is InChI=1S/C53H68N4O15.C8H18N2.Mn.2O/c1-26(2)23-56-17-19-57(20-18-56)33-14-15-35-37(22-33)70-49-41(54-35)38-39-45(62)32(8)48-40(38)50(64)53(9,72-48)69-21-16-36(67-10)29(5)47(71-52(66)68-25-34(59)24-58)31(7)44(61)30(6)43(60)27(3)12-11-13-28(4)51(65)55-42(49)46(39)63;1-8(2)7-10-5-3-9-4-6-10;;;/h11-16,21-22,26-27,29-31,34,36,43-44,47,58-61,63H,17-20,23-25H2,1-10H3,(H,55,65);8-9H,3-7H2,1-2H3;;;/b12-11+,21-16+,28-13-;;;;/t27-,29+,30+,31+,34?,36-,43-,44+,47+,53-;;;;/m0..../s1. The van der Waals surface area contributed by atoms with Crippen LogP contribution in [0.25, 0.3) is 33.0 Å². The molecule has 23 nitrogen and oxygen atoms in total. The number of ether oxygens (including phenoxy) is 5. The van der Waals surface area contributed by atoms with Crippen molar-refractivity contribution < 1.29 is 90.5 Å². The van der Waals surface area contributed by atoms with E-state index in [9.17, 15) is 44.7 Å². The zero-order valence-corrected chi connectivity index (χ0v) is 51.9. The summed E-state index contributed by atoms with van der Waals surface area (Å²) in [6.07, 6.45) is 0.192. The summed E-state index contributed by atoms with van der Waals surface area (Å²) in [7, 11) is 1.39. The van der Waals surface area contributed by atoms with Crippen LogP contribution < -0.4 is 25.7 Å². The molecule has 2 fully saturated rings. The van der Waals surface area contributed by atoms with Gasteiger partial charge in [-0.05, 0) is 43.9 Å². The Morgan fingerprint density at radius 1 is 0.894 bits per heavy atom. The van der Waals surface area contributed by atoms with Gasteiger partial charge in [0, 0.05) is 131 Å². The van der Waals surface area contributed by atoms with Gasteiger partial charge in [-0.2, -0.15) is 0 Å². The Kier molecular flexibility index (Phi) is 24.5. The number of anilines is 2. The molecule has 1 amide bonds. The molecule has 4 bridgehead atoms. The molecule has 0 radical (unpaired) electrons. The summed E-state index contributed by atoms with van der Waals surface area (Å²) in [5, 5.41) is 60.3.